The Balaban J connectivity index is 2.19. The highest BCUT2D eigenvalue weighted by molar-refractivity contribution is 5.87. The fourth-order valence-corrected chi connectivity index (χ4v) is 1.85. The maximum Gasteiger partial charge on any atom is 0.335 e. The van der Waals surface area contributed by atoms with Crippen molar-refractivity contribution < 1.29 is 14.3 Å². The minimum atomic E-state index is -0.956. The van der Waals surface area contributed by atoms with Crippen molar-refractivity contribution in [3.8, 4) is 0 Å². The Bertz CT molecular complexity index is 363. The molecule has 0 saturated carbocycles. The van der Waals surface area contributed by atoms with Gasteiger partial charge in [-0.1, -0.05) is 12.1 Å². The van der Waals surface area contributed by atoms with E-state index < -0.39 is 12.1 Å². The quantitative estimate of drug-likeness (QED) is 0.774. The lowest BCUT2D eigenvalue weighted by atomic mass is 9.96. The number of aromatic carboxylic acids is 1. The van der Waals surface area contributed by atoms with E-state index in [0.29, 0.717) is 13.1 Å². The summed E-state index contributed by atoms with van der Waals surface area (Å²) in [6.45, 7) is 0.999. The molecule has 1 aliphatic heterocycles. The van der Waals surface area contributed by atoms with E-state index in [0.717, 1.165) is 5.56 Å². The Morgan fingerprint density at radius 1 is 1.33 bits per heavy atom. The van der Waals surface area contributed by atoms with Gasteiger partial charge >= 0.3 is 5.97 Å². The monoisotopic (exact) mass is 209 g/mol. The van der Waals surface area contributed by atoms with Gasteiger partial charge in [0.05, 0.1) is 5.56 Å². The van der Waals surface area contributed by atoms with Gasteiger partial charge < -0.3 is 10.4 Å². The molecule has 0 amide bonds. The number of benzene rings is 1. The Morgan fingerprint density at radius 2 is 2.00 bits per heavy atom. The van der Waals surface area contributed by atoms with E-state index >= 15 is 0 Å². The number of hydrogen-bond acceptors (Lipinski definition) is 2. The third kappa shape index (κ3) is 1.99. The van der Waals surface area contributed by atoms with E-state index in [1.165, 1.54) is 12.1 Å². The zero-order valence-electron chi connectivity index (χ0n) is 8.11. The predicted octanol–water partition coefficient (Wildman–Crippen LogP) is 1.41. The Hall–Kier alpha value is -1.42. The van der Waals surface area contributed by atoms with Crippen LogP contribution in [0.5, 0.6) is 0 Å². The molecule has 2 unspecified atom stereocenters. The number of carboxylic acids is 1. The second kappa shape index (κ2) is 3.98. The van der Waals surface area contributed by atoms with Gasteiger partial charge in [0, 0.05) is 19.0 Å². The number of nitrogens with one attached hydrogen (secondary N) is 1. The molecule has 1 heterocycles. The zero-order chi connectivity index (χ0) is 10.8. The predicted molar refractivity (Wildman–Crippen MR) is 53.9 cm³/mol. The number of hydrogen-bond donors (Lipinski definition) is 2. The van der Waals surface area contributed by atoms with Crippen LogP contribution in [0.15, 0.2) is 24.3 Å². The third-order valence-electron chi connectivity index (χ3n) is 2.73. The van der Waals surface area contributed by atoms with Gasteiger partial charge in [0.15, 0.2) is 0 Å². The minimum Gasteiger partial charge on any atom is -0.478 e. The first-order valence-electron chi connectivity index (χ1n) is 4.86. The standard InChI is InChI=1S/C11H12FNO2/c12-10-6-13-5-9(10)7-1-3-8(4-2-7)11(14)15/h1-4,9-10,13H,5-6H2,(H,14,15). The van der Waals surface area contributed by atoms with Gasteiger partial charge in [0.2, 0.25) is 0 Å². The molecule has 1 aromatic carbocycles. The van der Waals surface area contributed by atoms with Crippen LogP contribution in [0.2, 0.25) is 0 Å². The molecule has 2 rings (SSSR count). The van der Waals surface area contributed by atoms with Crippen LogP contribution in [0.1, 0.15) is 21.8 Å². The molecule has 4 heteroatoms. The smallest absolute Gasteiger partial charge is 0.335 e. The second-order valence-electron chi connectivity index (χ2n) is 3.71. The minimum absolute atomic E-state index is 0.146. The molecule has 1 fully saturated rings. The fraction of sp³-hybridized carbons (Fsp3) is 0.364. The molecule has 2 N–H and O–H groups in total. The second-order valence-corrected chi connectivity index (χ2v) is 3.71. The van der Waals surface area contributed by atoms with Crippen LogP contribution in [0.3, 0.4) is 0 Å². The first-order valence-corrected chi connectivity index (χ1v) is 4.86. The molecule has 3 nitrogen and oxygen atoms in total. The zero-order valence-corrected chi connectivity index (χ0v) is 8.11. The van der Waals surface area contributed by atoms with Gasteiger partial charge in [-0.15, -0.1) is 0 Å². The summed E-state index contributed by atoms with van der Waals surface area (Å²) in [6, 6.07) is 6.41. The van der Waals surface area contributed by atoms with Crippen LogP contribution in [0.25, 0.3) is 0 Å². The van der Waals surface area contributed by atoms with E-state index in [1.807, 2.05) is 0 Å². The highest BCUT2D eigenvalue weighted by Crippen LogP contribution is 2.25. The van der Waals surface area contributed by atoms with Crippen molar-refractivity contribution >= 4 is 5.97 Å². The molecule has 0 bridgehead atoms. The van der Waals surface area contributed by atoms with Crippen LogP contribution < -0.4 is 5.32 Å². The van der Waals surface area contributed by atoms with Crippen molar-refractivity contribution in [3.05, 3.63) is 35.4 Å². The van der Waals surface area contributed by atoms with E-state index in [1.54, 1.807) is 12.1 Å². The lowest BCUT2D eigenvalue weighted by molar-refractivity contribution is 0.0697. The van der Waals surface area contributed by atoms with Crippen molar-refractivity contribution in [2.45, 2.75) is 12.1 Å². The van der Waals surface area contributed by atoms with Crippen LogP contribution in [0.4, 0.5) is 4.39 Å². The molecule has 0 radical (unpaired) electrons. The summed E-state index contributed by atoms with van der Waals surface area (Å²) in [7, 11) is 0. The summed E-state index contributed by atoms with van der Waals surface area (Å²) in [5.74, 6) is -1.10. The van der Waals surface area contributed by atoms with Crippen molar-refractivity contribution in [2.24, 2.45) is 0 Å². The van der Waals surface area contributed by atoms with Gasteiger partial charge in [0.1, 0.15) is 6.17 Å². The molecule has 0 aromatic heterocycles. The average Bonchev–Trinajstić information content (AvgIpc) is 2.65. The largest absolute Gasteiger partial charge is 0.478 e. The van der Waals surface area contributed by atoms with Gasteiger partial charge in [0.25, 0.3) is 0 Å². The van der Waals surface area contributed by atoms with Gasteiger partial charge in [-0.3, -0.25) is 0 Å². The number of carbonyl (C=O) groups is 1. The number of carboxylic acid groups (broad SMARTS) is 1. The van der Waals surface area contributed by atoms with Gasteiger partial charge in [-0.2, -0.15) is 0 Å². The van der Waals surface area contributed by atoms with Gasteiger partial charge in [-0.25, -0.2) is 9.18 Å². The molecule has 2 atom stereocenters. The summed E-state index contributed by atoms with van der Waals surface area (Å²) >= 11 is 0. The summed E-state index contributed by atoms with van der Waals surface area (Å²) in [4.78, 5) is 10.6. The molecular formula is C11H12FNO2. The number of alkyl halides is 1. The molecule has 0 aliphatic carbocycles. The molecule has 1 aromatic rings. The first-order chi connectivity index (χ1) is 7.18. The van der Waals surface area contributed by atoms with Crippen molar-refractivity contribution in [1.82, 2.24) is 5.32 Å². The highest BCUT2D eigenvalue weighted by atomic mass is 19.1. The maximum absolute atomic E-state index is 13.4. The van der Waals surface area contributed by atoms with Crippen LogP contribution >= 0.6 is 0 Å². The molecular weight excluding hydrogens is 197 g/mol. The Kier molecular flexibility index (Phi) is 2.68. The average molecular weight is 209 g/mol. The summed E-state index contributed by atoms with van der Waals surface area (Å²) in [5.41, 5.74) is 1.10. The Labute approximate surface area is 86.9 Å². The topological polar surface area (TPSA) is 49.3 Å². The van der Waals surface area contributed by atoms with Gasteiger partial charge in [-0.05, 0) is 17.7 Å². The van der Waals surface area contributed by atoms with Crippen molar-refractivity contribution in [3.63, 3.8) is 0 Å². The SMILES string of the molecule is O=C(O)c1ccc(C2CNCC2F)cc1. The molecule has 1 saturated heterocycles. The Morgan fingerprint density at radius 3 is 2.47 bits per heavy atom. The highest BCUT2D eigenvalue weighted by Gasteiger charge is 2.27. The molecule has 1 aliphatic rings. The van der Waals surface area contributed by atoms with E-state index in [-0.39, 0.29) is 11.5 Å². The van der Waals surface area contributed by atoms with Crippen LogP contribution in [0, 0.1) is 0 Å². The number of rotatable bonds is 2. The summed E-state index contributed by atoms with van der Waals surface area (Å²) in [6.07, 6.45) is -0.874. The van der Waals surface area contributed by atoms with Crippen molar-refractivity contribution in [2.75, 3.05) is 13.1 Å². The lowest BCUT2D eigenvalue weighted by Crippen LogP contribution is -2.11. The van der Waals surface area contributed by atoms with Crippen LogP contribution in [-0.2, 0) is 0 Å². The van der Waals surface area contributed by atoms with Crippen LogP contribution in [-0.4, -0.2) is 30.3 Å². The normalized spacial score (nSPS) is 25.4. The maximum atomic E-state index is 13.4. The van der Waals surface area contributed by atoms with E-state index in [2.05, 4.69) is 5.32 Å². The molecule has 15 heavy (non-hydrogen) atoms. The lowest BCUT2D eigenvalue weighted by Gasteiger charge is -2.11. The third-order valence-corrected chi connectivity index (χ3v) is 2.73. The first kappa shape index (κ1) is 10.1. The van der Waals surface area contributed by atoms with Crippen molar-refractivity contribution in [1.29, 1.82) is 0 Å². The van der Waals surface area contributed by atoms with E-state index in [4.69, 9.17) is 5.11 Å². The molecule has 0 spiro atoms. The van der Waals surface area contributed by atoms with E-state index in [9.17, 15) is 9.18 Å². The fourth-order valence-electron chi connectivity index (χ4n) is 1.85. The summed E-state index contributed by atoms with van der Waals surface area (Å²) < 4.78 is 13.4. The molecule has 80 valence electrons. The number of halogens is 1. The summed E-state index contributed by atoms with van der Waals surface area (Å²) in [5, 5.41) is 11.7.